The summed E-state index contributed by atoms with van der Waals surface area (Å²) in [4.78, 5) is 2.39. The van der Waals surface area contributed by atoms with Crippen molar-refractivity contribution in [1.82, 2.24) is 0 Å². The Morgan fingerprint density at radius 2 is 0.736 bits per heavy atom. The van der Waals surface area contributed by atoms with Crippen LogP contribution in [-0.4, -0.2) is 0 Å². The van der Waals surface area contributed by atoms with Gasteiger partial charge in [0.25, 0.3) is 0 Å². The van der Waals surface area contributed by atoms with E-state index < -0.39 is 0 Å². The minimum Gasteiger partial charge on any atom is -0.455 e. The van der Waals surface area contributed by atoms with Crippen LogP contribution in [0.5, 0.6) is 0 Å². The van der Waals surface area contributed by atoms with Gasteiger partial charge in [0.05, 0.1) is 11.1 Å². The highest BCUT2D eigenvalue weighted by Crippen LogP contribution is 2.48. The molecule has 0 aliphatic carbocycles. The molecule has 13 rings (SSSR count). The van der Waals surface area contributed by atoms with Crippen LogP contribution in [0.15, 0.2) is 290 Å². The molecule has 0 fully saturated rings. The van der Waals surface area contributed by atoms with E-state index in [-0.39, 0.29) is 0 Å². The first-order valence-corrected chi connectivity index (χ1v) is 24.7. The van der Waals surface area contributed by atoms with Gasteiger partial charge in [0.15, 0.2) is 0 Å². The van der Waals surface area contributed by atoms with E-state index in [9.17, 15) is 0 Å². The smallest absolute Gasteiger partial charge is 0.145 e. The standard InChI is InChI=1S/C70H47NO/c1-4-18-52(19-5-1)61-28-16-29-64(68(61)55-22-8-3-9-23-55)63-26-13-12-25-60(63)54-39-43-59(44-40-54)71(66-46-45-62(53-20-6-2-7-21-53)70-69(66)65-27-14-15-30-67(65)72-70)58-41-37-50(38-42-58)49-31-33-51(34-32-49)57-36-35-48-17-10-11-24-56(48)47-57/h1-47H. The molecular formula is C70H47NO. The second kappa shape index (κ2) is 18.4. The molecule has 0 bridgehead atoms. The summed E-state index contributed by atoms with van der Waals surface area (Å²) >= 11 is 0. The van der Waals surface area contributed by atoms with Gasteiger partial charge in [-0.2, -0.15) is 0 Å². The first-order chi connectivity index (χ1) is 35.7. The minimum atomic E-state index is 0.859. The van der Waals surface area contributed by atoms with E-state index in [0.29, 0.717) is 0 Å². The molecule has 0 radical (unpaired) electrons. The summed E-state index contributed by atoms with van der Waals surface area (Å²) < 4.78 is 6.82. The molecule has 0 saturated heterocycles. The van der Waals surface area contributed by atoms with Crippen LogP contribution in [0.3, 0.4) is 0 Å². The number of rotatable bonds is 10. The van der Waals surface area contributed by atoms with Crippen LogP contribution in [0.1, 0.15) is 0 Å². The SMILES string of the molecule is c1ccc(-c2cccc(-c3ccccc3-c3ccc(N(c4ccc(-c5ccc(-c6ccc7ccccc7c6)cc5)cc4)c4ccc(-c5ccccc5)c5oc6ccccc6c45)cc3)c2-c2ccccc2)cc1. The molecule has 0 saturated carbocycles. The Labute approximate surface area is 420 Å². The molecule has 2 heteroatoms. The number of hydrogen-bond acceptors (Lipinski definition) is 2. The van der Waals surface area contributed by atoms with Gasteiger partial charge in [0, 0.05) is 22.3 Å². The zero-order valence-corrected chi connectivity index (χ0v) is 39.5. The number of fused-ring (bicyclic) bond motifs is 4. The fraction of sp³-hybridized carbons (Fsp3) is 0. The lowest BCUT2D eigenvalue weighted by Crippen LogP contribution is -2.10. The molecule has 72 heavy (non-hydrogen) atoms. The van der Waals surface area contributed by atoms with Crippen LogP contribution < -0.4 is 4.90 Å². The lowest BCUT2D eigenvalue weighted by molar-refractivity contribution is 0.670. The van der Waals surface area contributed by atoms with Crippen molar-refractivity contribution in [2.45, 2.75) is 0 Å². The number of benzene rings is 12. The van der Waals surface area contributed by atoms with E-state index in [0.717, 1.165) is 61.3 Å². The van der Waals surface area contributed by atoms with E-state index in [1.54, 1.807) is 0 Å². The van der Waals surface area contributed by atoms with Gasteiger partial charge in [-0.25, -0.2) is 0 Å². The number of para-hydroxylation sites is 1. The third-order valence-corrected chi connectivity index (χ3v) is 14.1. The number of hydrogen-bond donors (Lipinski definition) is 0. The predicted octanol–water partition coefficient (Wildman–Crippen LogP) is 19.9. The van der Waals surface area contributed by atoms with Crippen molar-refractivity contribution >= 4 is 49.8 Å². The molecule has 0 amide bonds. The normalized spacial score (nSPS) is 11.3. The van der Waals surface area contributed by atoms with Crippen molar-refractivity contribution in [3.63, 3.8) is 0 Å². The molecule has 338 valence electrons. The van der Waals surface area contributed by atoms with Gasteiger partial charge in [-0.05, 0) is 132 Å². The van der Waals surface area contributed by atoms with Crippen molar-refractivity contribution in [2.75, 3.05) is 4.90 Å². The second-order valence-corrected chi connectivity index (χ2v) is 18.4. The predicted molar refractivity (Wildman–Crippen MR) is 304 cm³/mol. The van der Waals surface area contributed by atoms with E-state index in [2.05, 4.69) is 290 Å². The van der Waals surface area contributed by atoms with Gasteiger partial charge in [-0.1, -0.05) is 237 Å². The molecule has 12 aromatic carbocycles. The molecule has 0 N–H and O–H groups in total. The second-order valence-electron chi connectivity index (χ2n) is 18.4. The van der Waals surface area contributed by atoms with Crippen molar-refractivity contribution in [3.8, 4) is 77.9 Å². The summed E-state index contributed by atoms with van der Waals surface area (Å²) in [5.74, 6) is 0. The molecule has 0 atom stereocenters. The van der Waals surface area contributed by atoms with Crippen molar-refractivity contribution in [2.24, 2.45) is 0 Å². The summed E-state index contributed by atoms with van der Waals surface area (Å²) in [6, 6.07) is 103. The maximum absolute atomic E-state index is 6.82. The van der Waals surface area contributed by atoms with Gasteiger partial charge in [0.2, 0.25) is 0 Å². The monoisotopic (exact) mass is 917 g/mol. The first-order valence-electron chi connectivity index (χ1n) is 24.7. The van der Waals surface area contributed by atoms with E-state index in [4.69, 9.17) is 4.42 Å². The van der Waals surface area contributed by atoms with Gasteiger partial charge in [-0.3, -0.25) is 0 Å². The molecule has 0 unspecified atom stereocenters. The topological polar surface area (TPSA) is 16.4 Å². The third kappa shape index (κ3) is 7.82. The Kier molecular flexibility index (Phi) is 10.9. The van der Waals surface area contributed by atoms with E-state index in [1.807, 2.05) is 0 Å². The molecule has 2 nitrogen and oxygen atoms in total. The maximum Gasteiger partial charge on any atom is 0.145 e. The fourth-order valence-electron chi connectivity index (χ4n) is 10.6. The van der Waals surface area contributed by atoms with E-state index in [1.165, 1.54) is 66.4 Å². The quantitative estimate of drug-likeness (QED) is 0.136. The number of furan rings is 1. The molecule has 1 heterocycles. The third-order valence-electron chi connectivity index (χ3n) is 14.1. The van der Waals surface area contributed by atoms with Crippen molar-refractivity contribution in [1.29, 1.82) is 0 Å². The highest BCUT2D eigenvalue weighted by molar-refractivity contribution is 6.17. The largest absolute Gasteiger partial charge is 0.455 e. The van der Waals surface area contributed by atoms with Crippen LogP contribution in [0.25, 0.3) is 111 Å². The van der Waals surface area contributed by atoms with Gasteiger partial charge in [-0.15, -0.1) is 0 Å². The molecule has 0 aliphatic rings. The molecule has 1 aromatic heterocycles. The highest BCUT2D eigenvalue weighted by atomic mass is 16.3. The highest BCUT2D eigenvalue weighted by Gasteiger charge is 2.23. The van der Waals surface area contributed by atoms with Crippen LogP contribution in [-0.2, 0) is 0 Å². The molecule has 0 aliphatic heterocycles. The summed E-state index contributed by atoms with van der Waals surface area (Å²) in [5.41, 5.74) is 21.3. The maximum atomic E-state index is 6.82. The van der Waals surface area contributed by atoms with Gasteiger partial charge < -0.3 is 9.32 Å². The number of nitrogens with zero attached hydrogens (tertiary/aromatic N) is 1. The Morgan fingerprint density at radius 1 is 0.264 bits per heavy atom. The van der Waals surface area contributed by atoms with Crippen LogP contribution >= 0.6 is 0 Å². The Hall–Kier alpha value is -9.50. The fourth-order valence-corrected chi connectivity index (χ4v) is 10.6. The van der Waals surface area contributed by atoms with Crippen LogP contribution in [0.2, 0.25) is 0 Å². The van der Waals surface area contributed by atoms with Gasteiger partial charge in [0.1, 0.15) is 11.2 Å². The zero-order chi connectivity index (χ0) is 47.8. The Balaban J connectivity index is 0.927. The zero-order valence-electron chi connectivity index (χ0n) is 39.5. The summed E-state index contributed by atoms with van der Waals surface area (Å²) in [5, 5.41) is 4.64. The molecule has 0 spiro atoms. The van der Waals surface area contributed by atoms with Crippen LogP contribution in [0.4, 0.5) is 17.1 Å². The minimum absolute atomic E-state index is 0.859. The lowest BCUT2D eigenvalue weighted by Gasteiger charge is -2.27. The molecule has 13 aromatic rings. The average Bonchev–Trinajstić information content (AvgIpc) is 3.86. The first kappa shape index (κ1) is 42.6. The van der Waals surface area contributed by atoms with Crippen LogP contribution in [0, 0.1) is 0 Å². The summed E-state index contributed by atoms with van der Waals surface area (Å²) in [6.45, 7) is 0. The average molecular weight is 918 g/mol. The van der Waals surface area contributed by atoms with Gasteiger partial charge >= 0.3 is 0 Å². The molecular weight excluding hydrogens is 871 g/mol. The Morgan fingerprint density at radius 3 is 1.42 bits per heavy atom. The summed E-state index contributed by atoms with van der Waals surface area (Å²) in [6.07, 6.45) is 0. The Bertz CT molecular complexity index is 4040. The lowest BCUT2D eigenvalue weighted by atomic mass is 9.85. The van der Waals surface area contributed by atoms with Crippen molar-refractivity contribution < 1.29 is 4.42 Å². The van der Waals surface area contributed by atoms with E-state index >= 15 is 0 Å². The van der Waals surface area contributed by atoms with Crippen molar-refractivity contribution in [3.05, 3.63) is 285 Å². The number of anilines is 3. The summed E-state index contributed by atoms with van der Waals surface area (Å²) in [7, 11) is 0.